The lowest BCUT2D eigenvalue weighted by Crippen LogP contribution is -2.04. The Balaban J connectivity index is 2.89. The molecule has 0 aliphatic carbocycles. The maximum Gasteiger partial charge on any atom is 0.339 e. The molecule has 0 aliphatic rings. The topological polar surface area (TPSA) is 59.2 Å². The number of aromatic nitrogens is 1. The van der Waals surface area contributed by atoms with Crippen LogP contribution < -0.4 is 0 Å². The summed E-state index contributed by atoms with van der Waals surface area (Å²) in [5.41, 5.74) is 1.61. The molecule has 0 fully saturated rings. The fourth-order valence-electron chi connectivity index (χ4n) is 1.49. The summed E-state index contributed by atoms with van der Waals surface area (Å²) >= 11 is 0. The Morgan fingerprint density at radius 2 is 2.06 bits per heavy atom. The van der Waals surface area contributed by atoms with Crippen LogP contribution in [0.5, 0.6) is 0 Å². The molecule has 0 aromatic carbocycles. The molecule has 4 heteroatoms. The molecule has 0 aliphatic heterocycles. The molecule has 1 rings (SSSR count). The lowest BCUT2D eigenvalue weighted by atomic mass is 10.1. The minimum atomic E-state index is -0.383. The highest BCUT2D eigenvalue weighted by atomic mass is 16.5. The fourth-order valence-corrected chi connectivity index (χ4v) is 1.49. The first kappa shape index (κ1) is 12.5. The molecule has 0 saturated heterocycles. The van der Waals surface area contributed by atoms with E-state index < -0.39 is 0 Å². The van der Waals surface area contributed by atoms with Gasteiger partial charge in [0.25, 0.3) is 0 Å². The average molecular weight is 223 g/mol. The van der Waals surface area contributed by atoms with Gasteiger partial charge in [-0.25, -0.2) is 4.79 Å². The van der Waals surface area contributed by atoms with Crippen molar-refractivity contribution in [2.75, 3.05) is 6.61 Å². The molecular weight excluding hydrogens is 206 g/mol. The van der Waals surface area contributed by atoms with Crippen LogP contribution in [0.3, 0.4) is 0 Å². The van der Waals surface area contributed by atoms with Crippen LogP contribution in [0.15, 0.2) is 6.07 Å². The van der Waals surface area contributed by atoms with E-state index in [0.29, 0.717) is 30.0 Å². The Kier molecular flexibility index (Phi) is 4.28. The highest BCUT2D eigenvalue weighted by Gasteiger charge is 2.16. The average Bonchev–Trinajstić information content (AvgIpc) is 2.61. The summed E-state index contributed by atoms with van der Waals surface area (Å²) in [6, 6.07) is 1.57. The first-order chi connectivity index (χ1) is 7.60. The van der Waals surface area contributed by atoms with Gasteiger partial charge < -0.3 is 9.72 Å². The highest BCUT2D eigenvalue weighted by molar-refractivity contribution is 5.99. The molecule has 0 atom stereocenters. The van der Waals surface area contributed by atoms with Crippen molar-refractivity contribution in [1.82, 2.24) is 4.98 Å². The molecule has 0 radical (unpaired) electrons. The first-order valence-corrected chi connectivity index (χ1v) is 5.50. The van der Waals surface area contributed by atoms with Crippen LogP contribution in [-0.4, -0.2) is 23.3 Å². The number of nitrogens with one attached hydrogen (secondary N) is 1. The van der Waals surface area contributed by atoms with Gasteiger partial charge in [0.05, 0.1) is 17.9 Å². The predicted molar refractivity (Wildman–Crippen MR) is 60.7 cm³/mol. The van der Waals surface area contributed by atoms with Crippen molar-refractivity contribution in [3.63, 3.8) is 0 Å². The van der Waals surface area contributed by atoms with Crippen LogP contribution in [-0.2, 0) is 4.74 Å². The van der Waals surface area contributed by atoms with Gasteiger partial charge in [-0.1, -0.05) is 6.92 Å². The van der Waals surface area contributed by atoms with Crippen molar-refractivity contribution in [2.24, 2.45) is 0 Å². The largest absolute Gasteiger partial charge is 0.462 e. The fraction of sp³-hybridized carbons (Fsp3) is 0.500. The maximum atomic E-state index is 11.6. The van der Waals surface area contributed by atoms with Gasteiger partial charge in [-0.2, -0.15) is 0 Å². The second-order valence-corrected chi connectivity index (χ2v) is 3.62. The van der Waals surface area contributed by atoms with Gasteiger partial charge in [-0.3, -0.25) is 4.79 Å². The summed E-state index contributed by atoms with van der Waals surface area (Å²) in [7, 11) is 0. The summed E-state index contributed by atoms with van der Waals surface area (Å²) < 4.78 is 4.89. The number of ether oxygens (including phenoxy) is 1. The molecule has 1 heterocycles. The van der Waals surface area contributed by atoms with Crippen LogP contribution in [0.2, 0.25) is 0 Å². The van der Waals surface area contributed by atoms with E-state index in [2.05, 4.69) is 4.98 Å². The first-order valence-electron chi connectivity index (χ1n) is 5.50. The summed E-state index contributed by atoms with van der Waals surface area (Å²) in [4.78, 5) is 26.0. The zero-order chi connectivity index (χ0) is 12.1. The number of rotatable bonds is 5. The van der Waals surface area contributed by atoms with Gasteiger partial charge in [-0.15, -0.1) is 0 Å². The van der Waals surface area contributed by atoms with E-state index in [1.807, 2.05) is 6.92 Å². The van der Waals surface area contributed by atoms with Crippen molar-refractivity contribution in [2.45, 2.75) is 33.6 Å². The van der Waals surface area contributed by atoms with E-state index in [4.69, 9.17) is 4.74 Å². The van der Waals surface area contributed by atoms with E-state index in [9.17, 15) is 9.59 Å². The van der Waals surface area contributed by atoms with Gasteiger partial charge >= 0.3 is 5.97 Å². The van der Waals surface area contributed by atoms with Crippen molar-refractivity contribution < 1.29 is 14.3 Å². The molecule has 0 spiro atoms. The second-order valence-electron chi connectivity index (χ2n) is 3.62. The molecule has 4 nitrogen and oxygen atoms in total. The second kappa shape index (κ2) is 5.49. The van der Waals surface area contributed by atoms with Crippen LogP contribution in [0, 0.1) is 6.92 Å². The standard InChI is InChI=1S/C12H17NO3/c1-4-6-11(14)10-7-9(8(3)13-10)12(15)16-5-2/h7,13H,4-6H2,1-3H3. The minimum Gasteiger partial charge on any atom is -0.462 e. The van der Waals surface area contributed by atoms with Crippen LogP contribution in [0.1, 0.15) is 53.2 Å². The Morgan fingerprint density at radius 3 is 2.62 bits per heavy atom. The van der Waals surface area contributed by atoms with Crippen molar-refractivity contribution in [1.29, 1.82) is 0 Å². The number of esters is 1. The SMILES string of the molecule is CCCC(=O)c1cc(C(=O)OCC)c(C)[nH]1. The zero-order valence-electron chi connectivity index (χ0n) is 9.92. The van der Waals surface area contributed by atoms with Gasteiger partial charge in [0, 0.05) is 12.1 Å². The number of hydrogen-bond donors (Lipinski definition) is 1. The van der Waals surface area contributed by atoms with Gasteiger partial charge in [-0.05, 0) is 26.3 Å². The van der Waals surface area contributed by atoms with E-state index in [1.165, 1.54) is 0 Å². The van der Waals surface area contributed by atoms with Gasteiger partial charge in [0.15, 0.2) is 5.78 Å². The summed E-state index contributed by atoms with van der Waals surface area (Å²) in [5.74, 6) is -0.354. The smallest absolute Gasteiger partial charge is 0.339 e. The summed E-state index contributed by atoms with van der Waals surface area (Å²) in [5, 5.41) is 0. The summed E-state index contributed by atoms with van der Waals surface area (Å²) in [6.07, 6.45) is 1.29. The lowest BCUT2D eigenvalue weighted by Gasteiger charge is -1.98. The number of ketones is 1. The Bertz CT molecular complexity index is 393. The molecule has 0 amide bonds. The highest BCUT2D eigenvalue weighted by Crippen LogP contribution is 2.13. The molecule has 0 bridgehead atoms. The number of aryl methyl sites for hydroxylation is 1. The van der Waals surface area contributed by atoms with E-state index in [0.717, 1.165) is 6.42 Å². The molecule has 0 unspecified atom stereocenters. The normalized spacial score (nSPS) is 10.2. The van der Waals surface area contributed by atoms with Crippen molar-refractivity contribution >= 4 is 11.8 Å². The monoisotopic (exact) mass is 223 g/mol. The number of hydrogen-bond acceptors (Lipinski definition) is 3. The Labute approximate surface area is 95.0 Å². The van der Waals surface area contributed by atoms with Gasteiger partial charge in [0.1, 0.15) is 0 Å². The molecule has 1 N–H and O–H groups in total. The predicted octanol–water partition coefficient (Wildman–Crippen LogP) is 2.48. The third kappa shape index (κ3) is 2.72. The number of aromatic amines is 1. The maximum absolute atomic E-state index is 11.6. The van der Waals surface area contributed by atoms with Crippen molar-refractivity contribution in [3.8, 4) is 0 Å². The van der Waals surface area contributed by atoms with Gasteiger partial charge in [0.2, 0.25) is 0 Å². The number of Topliss-reactive ketones (excluding diaryl/α,β-unsaturated/α-hetero) is 1. The Hall–Kier alpha value is -1.58. The van der Waals surface area contributed by atoms with Crippen LogP contribution in [0.4, 0.5) is 0 Å². The zero-order valence-corrected chi connectivity index (χ0v) is 9.92. The molecule has 88 valence electrons. The van der Waals surface area contributed by atoms with E-state index in [1.54, 1.807) is 19.9 Å². The molecular formula is C12H17NO3. The molecule has 1 aromatic heterocycles. The molecule has 1 aromatic rings. The summed E-state index contributed by atoms with van der Waals surface area (Å²) in [6.45, 7) is 5.79. The molecule has 0 saturated carbocycles. The molecule has 16 heavy (non-hydrogen) atoms. The third-order valence-electron chi connectivity index (χ3n) is 2.29. The third-order valence-corrected chi connectivity index (χ3v) is 2.29. The number of carbonyl (C=O) groups is 2. The number of carbonyl (C=O) groups excluding carboxylic acids is 2. The lowest BCUT2D eigenvalue weighted by molar-refractivity contribution is 0.0525. The van der Waals surface area contributed by atoms with Crippen LogP contribution in [0.25, 0.3) is 0 Å². The van der Waals surface area contributed by atoms with Crippen LogP contribution >= 0.6 is 0 Å². The number of H-pyrrole nitrogens is 1. The Morgan fingerprint density at radius 1 is 1.38 bits per heavy atom. The minimum absolute atomic E-state index is 0.0288. The van der Waals surface area contributed by atoms with E-state index >= 15 is 0 Å². The van der Waals surface area contributed by atoms with E-state index in [-0.39, 0.29) is 11.8 Å². The quantitative estimate of drug-likeness (QED) is 0.616. The van der Waals surface area contributed by atoms with Crippen molar-refractivity contribution in [3.05, 3.63) is 23.0 Å².